The molecule has 1 heterocycles. The standard InChI is InChI=1S/C12H10FN3O/c1-8-11(7-14)12(16(2)15-8)17-10-5-3-4-9(13)6-10/h3-6H,1-2H3. The van der Waals surface area contributed by atoms with Gasteiger partial charge in [0, 0.05) is 13.1 Å². The van der Waals surface area contributed by atoms with E-state index in [-0.39, 0.29) is 5.82 Å². The Labute approximate surface area is 97.9 Å². The van der Waals surface area contributed by atoms with Crippen LogP contribution in [0, 0.1) is 24.1 Å². The third-order valence-electron chi connectivity index (χ3n) is 2.29. The lowest BCUT2D eigenvalue weighted by Crippen LogP contribution is -1.96. The van der Waals surface area contributed by atoms with Crippen LogP contribution in [0.1, 0.15) is 11.3 Å². The van der Waals surface area contributed by atoms with E-state index in [0.717, 1.165) is 0 Å². The maximum atomic E-state index is 13.0. The minimum Gasteiger partial charge on any atom is -0.438 e. The Morgan fingerprint density at radius 1 is 1.47 bits per heavy atom. The quantitative estimate of drug-likeness (QED) is 0.798. The number of nitrogens with zero attached hydrogens (tertiary/aromatic N) is 3. The predicted octanol–water partition coefficient (Wildman–Crippen LogP) is 2.53. The maximum absolute atomic E-state index is 13.0. The molecule has 5 heteroatoms. The van der Waals surface area contributed by atoms with Crippen LogP contribution in [-0.4, -0.2) is 9.78 Å². The summed E-state index contributed by atoms with van der Waals surface area (Å²) in [5, 5.41) is 13.1. The minimum atomic E-state index is -0.389. The molecule has 0 spiro atoms. The second kappa shape index (κ2) is 4.26. The topological polar surface area (TPSA) is 50.8 Å². The molecular formula is C12H10FN3O. The Morgan fingerprint density at radius 2 is 2.24 bits per heavy atom. The van der Waals surface area contributed by atoms with Crippen molar-refractivity contribution in [1.29, 1.82) is 5.26 Å². The van der Waals surface area contributed by atoms with Gasteiger partial charge in [-0.1, -0.05) is 6.07 Å². The van der Waals surface area contributed by atoms with Gasteiger partial charge >= 0.3 is 0 Å². The van der Waals surface area contributed by atoms with Crippen molar-refractivity contribution in [3.63, 3.8) is 0 Å². The first-order valence-electron chi connectivity index (χ1n) is 4.99. The van der Waals surface area contributed by atoms with Crippen molar-refractivity contribution in [1.82, 2.24) is 9.78 Å². The lowest BCUT2D eigenvalue weighted by atomic mass is 10.3. The molecule has 0 N–H and O–H groups in total. The minimum absolute atomic E-state index is 0.315. The van der Waals surface area contributed by atoms with Gasteiger partial charge in [-0.15, -0.1) is 0 Å². The highest BCUT2D eigenvalue weighted by Crippen LogP contribution is 2.26. The molecule has 0 bridgehead atoms. The van der Waals surface area contributed by atoms with Gasteiger partial charge in [-0.2, -0.15) is 10.4 Å². The smallest absolute Gasteiger partial charge is 0.235 e. The van der Waals surface area contributed by atoms with Crippen LogP contribution in [0.3, 0.4) is 0 Å². The molecular weight excluding hydrogens is 221 g/mol. The molecule has 4 nitrogen and oxygen atoms in total. The van der Waals surface area contributed by atoms with Crippen LogP contribution in [0.4, 0.5) is 4.39 Å². The summed E-state index contributed by atoms with van der Waals surface area (Å²) in [6, 6.07) is 7.76. The second-order valence-corrected chi connectivity index (χ2v) is 3.56. The van der Waals surface area contributed by atoms with E-state index in [0.29, 0.717) is 22.9 Å². The van der Waals surface area contributed by atoms with E-state index in [1.54, 1.807) is 26.1 Å². The highest BCUT2D eigenvalue weighted by Gasteiger charge is 2.15. The van der Waals surface area contributed by atoms with Gasteiger partial charge < -0.3 is 4.74 Å². The zero-order valence-corrected chi connectivity index (χ0v) is 9.44. The third-order valence-corrected chi connectivity index (χ3v) is 2.29. The molecule has 1 aromatic carbocycles. The summed E-state index contributed by atoms with van der Waals surface area (Å²) in [6.07, 6.45) is 0. The molecule has 0 aliphatic carbocycles. The number of halogens is 1. The average molecular weight is 231 g/mol. The Hall–Kier alpha value is -2.35. The van der Waals surface area contributed by atoms with Crippen LogP contribution in [0.5, 0.6) is 11.6 Å². The molecule has 86 valence electrons. The van der Waals surface area contributed by atoms with Gasteiger partial charge in [0.1, 0.15) is 23.2 Å². The fraction of sp³-hybridized carbons (Fsp3) is 0.167. The lowest BCUT2D eigenvalue weighted by Gasteiger charge is -2.05. The van der Waals surface area contributed by atoms with Gasteiger partial charge in [0.05, 0.1) is 5.69 Å². The number of ether oxygens (including phenoxy) is 1. The number of hydrogen-bond donors (Lipinski definition) is 0. The fourth-order valence-electron chi connectivity index (χ4n) is 1.52. The molecule has 0 fully saturated rings. The largest absolute Gasteiger partial charge is 0.438 e. The van der Waals surface area contributed by atoms with Crippen molar-refractivity contribution in [3.8, 4) is 17.7 Å². The Morgan fingerprint density at radius 3 is 2.88 bits per heavy atom. The highest BCUT2D eigenvalue weighted by molar-refractivity contribution is 5.44. The molecule has 0 aliphatic heterocycles. The van der Waals surface area contributed by atoms with Crippen molar-refractivity contribution in [2.45, 2.75) is 6.92 Å². The summed E-state index contributed by atoms with van der Waals surface area (Å²) in [6.45, 7) is 1.72. The van der Waals surface area contributed by atoms with E-state index in [1.165, 1.54) is 16.8 Å². The van der Waals surface area contributed by atoms with Crippen molar-refractivity contribution in [2.75, 3.05) is 0 Å². The van der Waals surface area contributed by atoms with Crippen molar-refractivity contribution in [3.05, 3.63) is 41.3 Å². The zero-order chi connectivity index (χ0) is 12.4. The molecule has 0 saturated heterocycles. The van der Waals surface area contributed by atoms with E-state index in [4.69, 9.17) is 10.00 Å². The average Bonchev–Trinajstić information content (AvgIpc) is 2.53. The number of rotatable bonds is 2. The molecule has 0 amide bonds. The number of aryl methyl sites for hydroxylation is 2. The third kappa shape index (κ3) is 2.11. The molecule has 0 aliphatic rings. The van der Waals surface area contributed by atoms with Crippen LogP contribution in [0.2, 0.25) is 0 Å². The number of nitriles is 1. The Bertz CT molecular complexity index is 598. The molecule has 0 radical (unpaired) electrons. The van der Waals surface area contributed by atoms with Gasteiger partial charge in [0.15, 0.2) is 0 Å². The van der Waals surface area contributed by atoms with Gasteiger partial charge in [0.2, 0.25) is 5.88 Å². The fourth-order valence-corrected chi connectivity index (χ4v) is 1.52. The monoisotopic (exact) mass is 231 g/mol. The summed E-state index contributed by atoms with van der Waals surface area (Å²) in [7, 11) is 1.67. The number of hydrogen-bond acceptors (Lipinski definition) is 3. The zero-order valence-electron chi connectivity index (χ0n) is 9.44. The highest BCUT2D eigenvalue weighted by atomic mass is 19.1. The maximum Gasteiger partial charge on any atom is 0.235 e. The van der Waals surface area contributed by atoms with Crippen molar-refractivity contribution >= 4 is 0 Å². The summed E-state index contributed by atoms with van der Waals surface area (Å²) in [5.41, 5.74) is 0.943. The molecule has 1 aromatic heterocycles. The summed E-state index contributed by atoms with van der Waals surface area (Å²) < 4.78 is 19.9. The molecule has 0 atom stereocenters. The number of benzene rings is 1. The second-order valence-electron chi connectivity index (χ2n) is 3.56. The summed E-state index contributed by atoms with van der Waals surface area (Å²) >= 11 is 0. The van der Waals surface area contributed by atoms with E-state index >= 15 is 0 Å². The molecule has 17 heavy (non-hydrogen) atoms. The van der Waals surface area contributed by atoms with E-state index < -0.39 is 0 Å². The van der Waals surface area contributed by atoms with E-state index in [9.17, 15) is 4.39 Å². The lowest BCUT2D eigenvalue weighted by molar-refractivity contribution is 0.426. The van der Waals surface area contributed by atoms with Crippen LogP contribution in [-0.2, 0) is 7.05 Å². The van der Waals surface area contributed by atoms with E-state index in [2.05, 4.69) is 5.10 Å². The first kappa shape index (κ1) is 11.1. The molecule has 0 unspecified atom stereocenters. The first-order valence-corrected chi connectivity index (χ1v) is 4.99. The van der Waals surface area contributed by atoms with Crippen LogP contribution in [0.25, 0.3) is 0 Å². The molecule has 2 aromatic rings. The van der Waals surface area contributed by atoms with Crippen molar-refractivity contribution in [2.24, 2.45) is 7.05 Å². The van der Waals surface area contributed by atoms with Gasteiger partial charge in [-0.05, 0) is 19.1 Å². The molecule has 0 saturated carbocycles. The van der Waals surface area contributed by atoms with E-state index in [1.807, 2.05) is 6.07 Å². The van der Waals surface area contributed by atoms with Crippen LogP contribution in [0.15, 0.2) is 24.3 Å². The molecule has 2 rings (SSSR count). The van der Waals surface area contributed by atoms with Crippen molar-refractivity contribution < 1.29 is 9.13 Å². The SMILES string of the molecule is Cc1nn(C)c(Oc2cccc(F)c2)c1C#N. The number of aromatic nitrogens is 2. The van der Waals surface area contributed by atoms with Crippen LogP contribution >= 0.6 is 0 Å². The summed E-state index contributed by atoms with van der Waals surface area (Å²) in [4.78, 5) is 0. The first-order chi connectivity index (χ1) is 8.11. The Balaban J connectivity index is 2.40. The van der Waals surface area contributed by atoms with Crippen LogP contribution < -0.4 is 4.74 Å². The summed E-state index contributed by atoms with van der Waals surface area (Å²) in [5.74, 6) is 0.264. The Kier molecular flexibility index (Phi) is 2.79. The van der Waals surface area contributed by atoms with Gasteiger partial charge in [-0.25, -0.2) is 9.07 Å². The predicted molar refractivity (Wildman–Crippen MR) is 59.1 cm³/mol. The van der Waals surface area contributed by atoms with Gasteiger partial charge in [0.25, 0.3) is 0 Å². The van der Waals surface area contributed by atoms with Gasteiger partial charge in [-0.3, -0.25) is 0 Å². The normalized spacial score (nSPS) is 10.0.